The van der Waals surface area contributed by atoms with Crippen molar-refractivity contribution in [1.82, 2.24) is 4.98 Å². The highest BCUT2D eigenvalue weighted by Gasteiger charge is 2.11. The summed E-state index contributed by atoms with van der Waals surface area (Å²) >= 11 is 8.51. The van der Waals surface area contributed by atoms with Crippen molar-refractivity contribution in [3.8, 4) is 11.6 Å². The number of halogens is 1. The van der Waals surface area contributed by atoms with E-state index in [0.29, 0.717) is 16.8 Å². The van der Waals surface area contributed by atoms with E-state index in [-0.39, 0.29) is 0 Å². The van der Waals surface area contributed by atoms with Gasteiger partial charge in [-0.3, -0.25) is 0 Å². The SMILES string of the molecule is Cc1cc(C(N)=S)cc(Oc2ccc(Br)cc2C(C)C)n1. The van der Waals surface area contributed by atoms with Crippen LogP contribution in [0.15, 0.2) is 34.8 Å². The van der Waals surface area contributed by atoms with E-state index in [2.05, 4.69) is 40.8 Å². The van der Waals surface area contributed by atoms with Crippen LogP contribution in [0.25, 0.3) is 0 Å². The van der Waals surface area contributed by atoms with Crippen LogP contribution in [-0.4, -0.2) is 9.97 Å². The van der Waals surface area contributed by atoms with Gasteiger partial charge in [0, 0.05) is 21.8 Å². The molecule has 1 heterocycles. The summed E-state index contributed by atoms with van der Waals surface area (Å²) in [7, 11) is 0. The van der Waals surface area contributed by atoms with Crippen molar-refractivity contribution >= 4 is 33.1 Å². The number of thiocarbonyl (C=S) groups is 1. The highest BCUT2D eigenvalue weighted by molar-refractivity contribution is 9.10. The molecule has 2 N–H and O–H groups in total. The summed E-state index contributed by atoms with van der Waals surface area (Å²) in [5.74, 6) is 1.64. The zero-order valence-electron chi connectivity index (χ0n) is 12.2. The largest absolute Gasteiger partial charge is 0.439 e. The number of aryl methyl sites for hydroxylation is 1. The Morgan fingerprint density at radius 1 is 1.29 bits per heavy atom. The Hall–Kier alpha value is -1.46. The number of pyridine rings is 1. The molecular formula is C16H17BrN2OS. The lowest BCUT2D eigenvalue weighted by atomic mass is 10.0. The monoisotopic (exact) mass is 364 g/mol. The lowest BCUT2D eigenvalue weighted by molar-refractivity contribution is 0.453. The fourth-order valence-corrected chi connectivity index (χ4v) is 2.51. The van der Waals surface area contributed by atoms with E-state index in [0.717, 1.165) is 27.0 Å². The van der Waals surface area contributed by atoms with Crippen LogP contribution >= 0.6 is 28.1 Å². The molecule has 5 heteroatoms. The van der Waals surface area contributed by atoms with Crippen LogP contribution in [0.5, 0.6) is 11.6 Å². The first kappa shape index (κ1) is 15.9. The van der Waals surface area contributed by atoms with Crippen molar-refractivity contribution in [2.24, 2.45) is 5.73 Å². The van der Waals surface area contributed by atoms with Crippen LogP contribution in [0.4, 0.5) is 0 Å². The van der Waals surface area contributed by atoms with Crippen LogP contribution in [0, 0.1) is 6.92 Å². The van der Waals surface area contributed by atoms with Crippen LogP contribution in [0.3, 0.4) is 0 Å². The molecule has 2 aromatic rings. The highest BCUT2D eigenvalue weighted by Crippen LogP contribution is 2.32. The van der Waals surface area contributed by atoms with Gasteiger partial charge in [0.2, 0.25) is 5.88 Å². The Kier molecular flexibility index (Phi) is 4.96. The van der Waals surface area contributed by atoms with Gasteiger partial charge < -0.3 is 10.5 Å². The van der Waals surface area contributed by atoms with E-state index < -0.39 is 0 Å². The molecule has 0 amide bonds. The van der Waals surface area contributed by atoms with Gasteiger partial charge in [-0.1, -0.05) is 42.0 Å². The van der Waals surface area contributed by atoms with Gasteiger partial charge in [0.15, 0.2) is 0 Å². The number of benzene rings is 1. The smallest absolute Gasteiger partial charge is 0.220 e. The predicted octanol–water partition coefficient (Wildman–Crippen LogP) is 4.70. The van der Waals surface area contributed by atoms with E-state index in [4.69, 9.17) is 22.7 Å². The minimum atomic E-state index is 0.338. The fraction of sp³-hybridized carbons (Fsp3) is 0.250. The summed E-state index contributed by atoms with van der Waals surface area (Å²) in [4.78, 5) is 4.72. The van der Waals surface area contributed by atoms with Crippen molar-refractivity contribution in [3.05, 3.63) is 51.6 Å². The second kappa shape index (κ2) is 6.54. The number of rotatable bonds is 4. The minimum absolute atomic E-state index is 0.338. The lowest BCUT2D eigenvalue weighted by Crippen LogP contribution is -2.10. The zero-order valence-corrected chi connectivity index (χ0v) is 14.6. The quantitative estimate of drug-likeness (QED) is 0.798. The number of hydrogen-bond donors (Lipinski definition) is 1. The van der Waals surface area contributed by atoms with Gasteiger partial charge >= 0.3 is 0 Å². The van der Waals surface area contributed by atoms with Gasteiger partial charge in [0.05, 0.1) is 0 Å². The number of nitrogens with zero attached hydrogens (tertiary/aromatic N) is 1. The van der Waals surface area contributed by atoms with E-state index in [1.165, 1.54) is 0 Å². The molecule has 0 aliphatic carbocycles. The first-order valence-corrected chi connectivity index (χ1v) is 7.82. The molecule has 0 unspecified atom stereocenters. The number of ether oxygens (including phenoxy) is 1. The number of hydrogen-bond acceptors (Lipinski definition) is 3. The lowest BCUT2D eigenvalue weighted by Gasteiger charge is -2.14. The van der Waals surface area contributed by atoms with Gasteiger partial charge in [-0.25, -0.2) is 4.98 Å². The fourth-order valence-electron chi connectivity index (χ4n) is 2.01. The maximum absolute atomic E-state index is 5.95. The molecule has 0 atom stereocenters. The second-order valence-corrected chi connectivity index (χ2v) is 6.49. The Morgan fingerprint density at radius 3 is 2.62 bits per heavy atom. The Labute approximate surface area is 138 Å². The van der Waals surface area contributed by atoms with Gasteiger partial charge in [0.1, 0.15) is 10.7 Å². The molecule has 0 saturated heterocycles. The van der Waals surface area contributed by atoms with Crippen LogP contribution in [0.2, 0.25) is 0 Å². The van der Waals surface area contributed by atoms with Crippen molar-refractivity contribution < 1.29 is 4.74 Å². The average Bonchev–Trinajstić information content (AvgIpc) is 2.40. The van der Waals surface area contributed by atoms with Gasteiger partial charge in [-0.05, 0) is 42.7 Å². The maximum Gasteiger partial charge on any atom is 0.220 e. The Balaban J connectivity index is 2.40. The summed E-state index contributed by atoms with van der Waals surface area (Å²) in [5.41, 5.74) is 8.38. The maximum atomic E-state index is 5.95. The highest BCUT2D eigenvalue weighted by atomic mass is 79.9. The molecule has 0 saturated carbocycles. The number of nitrogens with two attached hydrogens (primary N) is 1. The molecule has 0 aliphatic rings. The standard InChI is InChI=1S/C16H17BrN2OS/c1-9(2)13-8-12(17)4-5-14(13)20-15-7-11(16(18)21)6-10(3)19-15/h4-9H,1-3H3,(H2,18,21). The third-order valence-corrected chi connectivity index (χ3v) is 3.75. The molecule has 0 radical (unpaired) electrons. The second-order valence-electron chi connectivity index (χ2n) is 5.14. The third-order valence-electron chi connectivity index (χ3n) is 3.02. The molecule has 0 spiro atoms. The summed E-state index contributed by atoms with van der Waals surface area (Å²) in [6, 6.07) is 9.56. The average molecular weight is 365 g/mol. The molecule has 0 aliphatic heterocycles. The molecule has 2 rings (SSSR count). The van der Waals surface area contributed by atoms with Crippen LogP contribution in [-0.2, 0) is 0 Å². The molecule has 0 bridgehead atoms. The third kappa shape index (κ3) is 4.02. The first-order valence-electron chi connectivity index (χ1n) is 6.62. The van der Waals surface area contributed by atoms with Gasteiger partial charge in [0.25, 0.3) is 0 Å². The molecule has 1 aromatic carbocycles. The van der Waals surface area contributed by atoms with E-state index in [1.807, 2.05) is 25.1 Å². The van der Waals surface area contributed by atoms with Gasteiger partial charge in [-0.15, -0.1) is 0 Å². The van der Waals surface area contributed by atoms with Crippen molar-refractivity contribution in [3.63, 3.8) is 0 Å². The summed E-state index contributed by atoms with van der Waals surface area (Å²) in [5, 5.41) is 0. The number of aromatic nitrogens is 1. The first-order chi connectivity index (χ1) is 9.86. The molecule has 21 heavy (non-hydrogen) atoms. The molecule has 3 nitrogen and oxygen atoms in total. The van der Waals surface area contributed by atoms with E-state index in [9.17, 15) is 0 Å². The van der Waals surface area contributed by atoms with Crippen molar-refractivity contribution in [1.29, 1.82) is 0 Å². The normalized spacial score (nSPS) is 10.7. The summed E-state index contributed by atoms with van der Waals surface area (Å²) in [6.07, 6.45) is 0. The molecular weight excluding hydrogens is 348 g/mol. The topological polar surface area (TPSA) is 48.1 Å². The van der Waals surface area contributed by atoms with E-state index in [1.54, 1.807) is 6.07 Å². The molecule has 0 fully saturated rings. The van der Waals surface area contributed by atoms with Gasteiger partial charge in [-0.2, -0.15) is 0 Å². The van der Waals surface area contributed by atoms with Crippen molar-refractivity contribution in [2.45, 2.75) is 26.7 Å². The summed E-state index contributed by atoms with van der Waals surface area (Å²) < 4.78 is 6.98. The molecule has 1 aromatic heterocycles. The van der Waals surface area contributed by atoms with E-state index >= 15 is 0 Å². The summed E-state index contributed by atoms with van der Waals surface area (Å²) in [6.45, 7) is 6.14. The Bertz CT molecular complexity index is 686. The minimum Gasteiger partial charge on any atom is -0.439 e. The van der Waals surface area contributed by atoms with Crippen molar-refractivity contribution in [2.75, 3.05) is 0 Å². The predicted molar refractivity (Wildman–Crippen MR) is 93.2 cm³/mol. The molecule has 110 valence electrons. The van der Waals surface area contributed by atoms with Crippen LogP contribution in [0.1, 0.15) is 36.6 Å². The zero-order chi connectivity index (χ0) is 15.6. The van der Waals surface area contributed by atoms with Crippen LogP contribution < -0.4 is 10.5 Å². The Morgan fingerprint density at radius 2 is 2.00 bits per heavy atom.